The van der Waals surface area contributed by atoms with Gasteiger partial charge in [-0.25, -0.2) is 14.4 Å². The first-order chi connectivity index (χ1) is 19.1. The van der Waals surface area contributed by atoms with Gasteiger partial charge in [0, 0.05) is 24.1 Å². The third-order valence-electron chi connectivity index (χ3n) is 5.26. The second-order valence-corrected chi connectivity index (χ2v) is 9.62. The SMILES string of the molecule is C/C=C(/C)NC(CS)C(=O)Oc1ccccc1C(=O)Oc1ccccc1C(=O)SCC(NC(C)=O)C(=O)OCC. The number of para-hydroxylation sites is 2. The fraction of sp³-hybridized carbons (Fsp3) is 0.321. The number of benzene rings is 2. The van der Waals surface area contributed by atoms with Gasteiger partial charge in [0.15, 0.2) is 0 Å². The molecule has 0 radical (unpaired) electrons. The largest absolute Gasteiger partial charge is 0.464 e. The van der Waals surface area contributed by atoms with Crippen molar-refractivity contribution < 1.29 is 38.2 Å². The first-order valence-electron chi connectivity index (χ1n) is 12.3. The maximum atomic E-state index is 13.1. The van der Waals surface area contributed by atoms with Crippen LogP contribution in [0.4, 0.5) is 0 Å². The number of esters is 3. The molecule has 0 aromatic heterocycles. The standard InChI is InChI=1S/C28H32N2O8S2/c1-5-17(3)29-21(15-39)27(34)38-23-13-9-7-11-19(23)25(32)37-24-14-10-8-12-20(24)28(35)40-16-22(30-18(4)31)26(33)36-6-2/h5,7-14,21-22,29,39H,6,15-16H2,1-4H3,(H,30,31)/b17-5-. The van der Waals surface area contributed by atoms with E-state index in [1.165, 1.54) is 31.2 Å². The average Bonchev–Trinajstić information content (AvgIpc) is 2.93. The molecule has 0 fully saturated rings. The summed E-state index contributed by atoms with van der Waals surface area (Å²) in [4.78, 5) is 62.5. The number of hydrogen-bond acceptors (Lipinski definition) is 11. The highest BCUT2D eigenvalue weighted by Gasteiger charge is 2.26. The van der Waals surface area contributed by atoms with Crippen LogP contribution in [0.5, 0.6) is 11.5 Å². The monoisotopic (exact) mass is 588 g/mol. The number of hydrogen-bond donors (Lipinski definition) is 3. The first-order valence-corrected chi connectivity index (χ1v) is 14.0. The van der Waals surface area contributed by atoms with E-state index >= 15 is 0 Å². The number of ether oxygens (including phenoxy) is 3. The summed E-state index contributed by atoms with van der Waals surface area (Å²) in [5, 5.41) is 4.96. The Morgan fingerprint density at radius 1 is 0.875 bits per heavy atom. The van der Waals surface area contributed by atoms with Crippen molar-refractivity contribution in [1.82, 2.24) is 10.6 Å². The summed E-state index contributed by atoms with van der Waals surface area (Å²) >= 11 is 4.96. The molecule has 12 heteroatoms. The van der Waals surface area contributed by atoms with Crippen molar-refractivity contribution in [1.29, 1.82) is 0 Å². The van der Waals surface area contributed by atoms with Crippen LogP contribution in [0.15, 0.2) is 60.3 Å². The Morgan fingerprint density at radius 2 is 1.48 bits per heavy atom. The number of thioether (sulfide) groups is 1. The van der Waals surface area contributed by atoms with Gasteiger partial charge in [-0.3, -0.25) is 9.59 Å². The van der Waals surface area contributed by atoms with Crippen molar-refractivity contribution in [3.63, 3.8) is 0 Å². The summed E-state index contributed by atoms with van der Waals surface area (Å²) in [6.45, 7) is 6.61. The van der Waals surface area contributed by atoms with Gasteiger partial charge >= 0.3 is 17.9 Å². The Bertz CT molecular complexity index is 1260. The normalized spacial score (nSPS) is 12.5. The molecule has 2 aromatic carbocycles. The minimum atomic E-state index is -1.03. The summed E-state index contributed by atoms with van der Waals surface area (Å²) in [7, 11) is 0. The molecular formula is C28H32N2O8S2. The van der Waals surface area contributed by atoms with Gasteiger partial charge in [0.05, 0.1) is 12.2 Å². The van der Waals surface area contributed by atoms with Crippen LogP contribution in [0.1, 0.15) is 48.4 Å². The van der Waals surface area contributed by atoms with E-state index in [1.807, 2.05) is 6.92 Å². The van der Waals surface area contributed by atoms with Crippen LogP contribution in [-0.4, -0.2) is 59.1 Å². The summed E-state index contributed by atoms with van der Waals surface area (Å²) in [6, 6.07) is 10.4. The molecule has 0 saturated carbocycles. The van der Waals surface area contributed by atoms with Crippen molar-refractivity contribution >= 4 is 53.3 Å². The third-order valence-corrected chi connectivity index (χ3v) is 6.61. The van der Waals surface area contributed by atoms with E-state index in [0.717, 1.165) is 17.5 Å². The predicted molar refractivity (Wildman–Crippen MR) is 155 cm³/mol. The fourth-order valence-corrected chi connectivity index (χ4v) is 4.32. The summed E-state index contributed by atoms with van der Waals surface area (Å²) in [5.74, 6) is -2.59. The smallest absolute Gasteiger partial charge is 0.347 e. The molecule has 2 rings (SSSR count). The van der Waals surface area contributed by atoms with Gasteiger partial charge in [-0.1, -0.05) is 42.1 Å². The molecule has 0 aliphatic heterocycles. The van der Waals surface area contributed by atoms with Crippen LogP contribution in [0.3, 0.4) is 0 Å². The molecular weight excluding hydrogens is 556 g/mol. The molecule has 2 unspecified atom stereocenters. The predicted octanol–water partition coefficient (Wildman–Crippen LogP) is 3.56. The van der Waals surface area contributed by atoms with E-state index in [1.54, 1.807) is 44.2 Å². The van der Waals surface area contributed by atoms with Gasteiger partial charge in [-0.2, -0.15) is 12.6 Å². The number of thiol groups is 1. The number of amides is 1. The molecule has 0 heterocycles. The number of carbonyl (C=O) groups is 5. The number of nitrogens with one attached hydrogen (secondary N) is 2. The number of carbonyl (C=O) groups excluding carboxylic acids is 5. The van der Waals surface area contributed by atoms with E-state index in [9.17, 15) is 24.0 Å². The second kappa shape index (κ2) is 16.4. The molecule has 0 saturated heterocycles. The lowest BCUT2D eigenvalue weighted by Gasteiger charge is -2.18. The lowest BCUT2D eigenvalue weighted by molar-refractivity contribution is -0.146. The van der Waals surface area contributed by atoms with Crippen molar-refractivity contribution in [2.24, 2.45) is 0 Å². The first kappa shape index (κ1) is 32.4. The molecule has 0 aliphatic rings. The van der Waals surface area contributed by atoms with Crippen molar-refractivity contribution in [2.45, 2.75) is 39.8 Å². The van der Waals surface area contributed by atoms with Crippen LogP contribution in [0.2, 0.25) is 0 Å². The van der Waals surface area contributed by atoms with E-state index in [0.29, 0.717) is 0 Å². The Balaban J connectivity index is 2.20. The minimum Gasteiger partial charge on any atom is -0.464 e. The van der Waals surface area contributed by atoms with Gasteiger partial charge in [0.25, 0.3) is 0 Å². The zero-order valence-electron chi connectivity index (χ0n) is 22.6. The van der Waals surface area contributed by atoms with Gasteiger partial charge in [0.1, 0.15) is 29.1 Å². The number of rotatable bonds is 13. The molecule has 10 nitrogen and oxygen atoms in total. The van der Waals surface area contributed by atoms with Crippen LogP contribution in [0.25, 0.3) is 0 Å². The molecule has 2 N–H and O–H groups in total. The van der Waals surface area contributed by atoms with Gasteiger partial charge in [-0.15, -0.1) is 0 Å². The molecule has 1 amide bonds. The highest BCUT2D eigenvalue weighted by molar-refractivity contribution is 8.14. The van der Waals surface area contributed by atoms with Gasteiger partial charge < -0.3 is 24.8 Å². The maximum absolute atomic E-state index is 13.1. The lowest BCUT2D eigenvalue weighted by Crippen LogP contribution is -2.42. The maximum Gasteiger partial charge on any atom is 0.347 e. The number of allylic oxidation sites excluding steroid dienone is 2. The van der Waals surface area contributed by atoms with Crippen LogP contribution >= 0.6 is 24.4 Å². The Hall–Kier alpha value is -3.77. The highest BCUT2D eigenvalue weighted by Crippen LogP contribution is 2.27. The molecule has 0 spiro atoms. The van der Waals surface area contributed by atoms with Crippen LogP contribution < -0.4 is 20.1 Å². The van der Waals surface area contributed by atoms with E-state index in [2.05, 4.69) is 23.3 Å². The molecule has 40 heavy (non-hydrogen) atoms. The quantitative estimate of drug-likeness (QED) is 0.181. The van der Waals surface area contributed by atoms with Gasteiger partial charge in [-0.05, 0) is 45.0 Å². The van der Waals surface area contributed by atoms with Crippen LogP contribution in [0, 0.1) is 0 Å². The van der Waals surface area contributed by atoms with Crippen LogP contribution in [-0.2, 0) is 19.1 Å². The Labute approximate surface area is 242 Å². The Morgan fingerprint density at radius 3 is 2.05 bits per heavy atom. The zero-order chi connectivity index (χ0) is 29.7. The molecule has 2 aromatic rings. The fourth-order valence-electron chi connectivity index (χ4n) is 3.21. The lowest BCUT2D eigenvalue weighted by atomic mass is 10.2. The van der Waals surface area contributed by atoms with Crippen molar-refractivity contribution in [2.75, 3.05) is 18.1 Å². The molecule has 214 valence electrons. The van der Waals surface area contributed by atoms with Crippen molar-refractivity contribution in [3.05, 3.63) is 71.4 Å². The van der Waals surface area contributed by atoms with Gasteiger partial charge in [0.2, 0.25) is 11.0 Å². The summed E-state index contributed by atoms with van der Waals surface area (Å²) < 4.78 is 16.0. The average molecular weight is 589 g/mol. The zero-order valence-corrected chi connectivity index (χ0v) is 24.3. The summed E-state index contributed by atoms with van der Waals surface area (Å²) in [6.07, 6.45) is 1.79. The van der Waals surface area contributed by atoms with E-state index in [4.69, 9.17) is 14.2 Å². The topological polar surface area (TPSA) is 137 Å². The Kier molecular flexibility index (Phi) is 13.3. The third kappa shape index (κ3) is 9.76. The molecule has 2 atom stereocenters. The highest BCUT2D eigenvalue weighted by atomic mass is 32.2. The van der Waals surface area contributed by atoms with E-state index < -0.39 is 41.0 Å². The minimum absolute atomic E-state index is 0.0185. The summed E-state index contributed by atoms with van der Waals surface area (Å²) in [5.41, 5.74) is 0.801. The van der Waals surface area contributed by atoms with E-state index in [-0.39, 0.29) is 40.7 Å². The second-order valence-electron chi connectivity index (χ2n) is 8.26. The molecule has 0 bridgehead atoms. The molecule has 0 aliphatic carbocycles. The van der Waals surface area contributed by atoms with Crippen molar-refractivity contribution in [3.8, 4) is 11.5 Å².